The van der Waals surface area contributed by atoms with Crippen LogP contribution >= 0.6 is 11.3 Å². The Bertz CT molecular complexity index is 465. The van der Waals surface area contributed by atoms with Gasteiger partial charge in [-0.05, 0) is 27.7 Å². The third kappa shape index (κ3) is 3.37. The van der Waals surface area contributed by atoms with Crippen molar-refractivity contribution in [3.63, 3.8) is 0 Å². The van der Waals surface area contributed by atoms with Crippen molar-refractivity contribution >= 4 is 17.2 Å². The van der Waals surface area contributed by atoms with Gasteiger partial charge in [0.1, 0.15) is 5.01 Å². The first kappa shape index (κ1) is 15.4. The highest BCUT2D eigenvalue weighted by Gasteiger charge is 2.35. The van der Waals surface area contributed by atoms with Crippen LogP contribution in [0.4, 0.5) is 0 Å². The van der Waals surface area contributed by atoms with E-state index in [0.717, 1.165) is 31.2 Å². The Kier molecular flexibility index (Phi) is 4.78. The highest BCUT2D eigenvalue weighted by atomic mass is 32.1. The molecule has 1 fully saturated rings. The fourth-order valence-electron chi connectivity index (χ4n) is 2.37. The molecule has 112 valence electrons. The fourth-order valence-corrected chi connectivity index (χ4v) is 3.15. The molecule has 6 heteroatoms. The number of hydrogen-bond acceptors (Lipinski definition) is 5. The van der Waals surface area contributed by atoms with Crippen LogP contribution in [0, 0.1) is 6.92 Å². The summed E-state index contributed by atoms with van der Waals surface area (Å²) in [7, 11) is 0. The standard InChI is InChI=1S/C14H24N4OS/c1-10-9-16-12(20-10)11(2)17-13(19)14(3,4)18-7-5-15-6-8-18/h9,11,15H,5-8H2,1-4H3,(H,17,19). The van der Waals surface area contributed by atoms with Gasteiger partial charge in [0.25, 0.3) is 0 Å². The van der Waals surface area contributed by atoms with E-state index >= 15 is 0 Å². The van der Waals surface area contributed by atoms with E-state index in [0.29, 0.717) is 0 Å². The Morgan fingerprint density at radius 1 is 1.50 bits per heavy atom. The second-order valence-corrected chi connectivity index (χ2v) is 7.07. The number of rotatable bonds is 4. The number of carbonyl (C=O) groups is 1. The van der Waals surface area contributed by atoms with E-state index in [9.17, 15) is 4.79 Å². The van der Waals surface area contributed by atoms with Gasteiger partial charge in [-0.3, -0.25) is 9.69 Å². The first-order valence-electron chi connectivity index (χ1n) is 7.10. The Morgan fingerprint density at radius 3 is 2.70 bits per heavy atom. The maximum atomic E-state index is 12.6. The number of amides is 1. The van der Waals surface area contributed by atoms with Gasteiger partial charge in [0.15, 0.2) is 0 Å². The van der Waals surface area contributed by atoms with Gasteiger partial charge < -0.3 is 10.6 Å². The largest absolute Gasteiger partial charge is 0.346 e. The molecule has 2 rings (SSSR count). The van der Waals surface area contributed by atoms with Gasteiger partial charge in [-0.1, -0.05) is 0 Å². The van der Waals surface area contributed by atoms with Crippen molar-refractivity contribution in [2.75, 3.05) is 26.2 Å². The van der Waals surface area contributed by atoms with Crippen LogP contribution in [0.3, 0.4) is 0 Å². The van der Waals surface area contributed by atoms with Crippen LogP contribution in [-0.4, -0.2) is 47.5 Å². The first-order valence-corrected chi connectivity index (χ1v) is 7.92. The molecular formula is C14H24N4OS. The average molecular weight is 296 g/mol. The molecule has 20 heavy (non-hydrogen) atoms. The molecule has 0 saturated carbocycles. The third-order valence-corrected chi connectivity index (χ3v) is 4.92. The summed E-state index contributed by atoms with van der Waals surface area (Å²) in [6.07, 6.45) is 1.85. The lowest BCUT2D eigenvalue weighted by Crippen LogP contribution is -2.60. The maximum Gasteiger partial charge on any atom is 0.240 e. The summed E-state index contributed by atoms with van der Waals surface area (Å²) in [5.41, 5.74) is -0.483. The topological polar surface area (TPSA) is 57.3 Å². The van der Waals surface area contributed by atoms with E-state index in [4.69, 9.17) is 0 Å². The summed E-state index contributed by atoms with van der Waals surface area (Å²) in [5.74, 6) is 0.0692. The monoisotopic (exact) mass is 296 g/mol. The number of aryl methyl sites for hydroxylation is 1. The zero-order chi connectivity index (χ0) is 14.8. The molecule has 1 aromatic heterocycles. The van der Waals surface area contributed by atoms with Gasteiger partial charge in [-0.2, -0.15) is 0 Å². The molecule has 0 aromatic carbocycles. The number of carbonyl (C=O) groups excluding carboxylic acids is 1. The van der Waals surface area contributed by atoms with Crippen LogP contribution in [0.5, 0.6) is 0 Å². The summed E-state index contributed by atoms with van der Waals surface area (Å²) in [6, 6.07) is -0.0385. The Balaban J connectivity index is 1.99. The van der Waals surface area contributed by atoms with Crippen LogP contribution in [0.2, 0.25) is 0 Å². The lowest BCUT2D eigenvalue weighted by molar-refractivity contribution is -0.132. The van der Waals surface area contributed by atoms with Crippen molar-refractivity contribution in [1.82, 2.24) is 20.5 Å². The van der Waals surface area contributed by atoms with E-state index in [2.05, 4.69) is 20.5 Å². The highest BCUT2D eigenvalue weighted by Crippen LogP contribution is 2.21. The molecule has 1 aromatic rings. The minimum Gasteiger partial charge on any atom is -0.346 e. The first-order chi connectivity index (χ1) is 9.41. The Hall–Kier alpha value is -0.980. The minimum absolute atomic E-state index is 0.0385. The van der Waals surface area contributed by atoms with Crippen molar-refractivity contribution in [3.05, 3.63) is 16.1 Å². The smallest absolute Gasteiger partial charge is 0.240 e. The summed E-state index contributed by atoms with van der Waals surface area (Å²) >= 11 is 1.63. The van der Waals surface area contributed by atoms with Gasteiger partial charge in [0.05, 0.1) is 11.6 Å². The second kappa shape index (κ2) is 6.20. The van der Waals surface area contributed by atoms with Crippen molar-refractivity contribution < 1.29 is 4.79 Å². The minimum atomic E-state index is -0.483. The van der Waals surface area contributed by atoms with Crippen LogP contribution in [0.1, 0.15) is 36.7 Å². The summed E-state index contributed by atoms with van der Waals surface area (Å²) < 4.78 is 0. The van der Waals surface area contributed by atoms with E-state index in [1.807, 2.05) is 33.9 Å². The van der Waals surface area contributed by atoms with E-state index in [-0.39, 0.29) is 11.9 Å². The molecule has 0 aliphatic carbocycles. The number of nitrogens with one attached hydrogen (secondary N) is 2. The van der Waals surface area contributed by atoms with Crippen LogP contribution in [-0.2, 0) is 4.79 Å². The molecule has 5 nitrogen and oxygen atoms in total. The van der Waals surface area contributed by atoms with E-state index in [1.165, 1.54) is 4.88 Å². The highest BCUT2D eigenvalue weighted by molar-refractivity contribution is 7.11. The average Bonchev–Trinajstić information content (AvgIpc) is 2.86. The molecular weight excluding hydrogens is 272 g/mol. The van der Waals surface area contributed by atoms with Gasteiger partial charge in [-0.15, -0.1) is 11.3 Å². The molecule has 1 atom stereocenters. The molecule has 0 radical (unpaired) electrons. The molecule has 2 heterocycles. The molecule has 1 amide bonds. The predicted octanol–water partition coefficient (Wildman–Crippen LogP) is 1.31. The normalized spacial score (nSPS) is 18.8. The number of nitrogens with zero attached hydrogens (tertiary/aromatic N) is 2. The molecule has 0 spiro atoms. The number of piperazine rings is 1. The van der Waals surface area contributed by atoms with Crippen LogP contribution in [0.25, 0.3) is 0 Å². The lowest BCUT2D eigenvalue weighted by Gasteiger charge is -2.40. The van der Waals surface area contributed by atoms with Gasteiger partial charge in [0.2, 0.25) is 5.91 Å². The number of thiazole rings is 1. The molecule has 2 N–H and O–H groups in total. The Labute approximate surface area is 124 Å². The number of hydrogen-bond donors (Lipinski definition) is 2. The predicted molar refractivity (Wildman–Crippen MR) is 81.9 cm³/mol. The van der Waals surface area contributed by atoms with E-state index in [1.54, 1.807) is 11.3 Å². The van der Waals surface area contributed by atoms with Crippen LogP contribution < -0.4 is 10.6 Å². The maximum absolute atomic E-state index is 12.6. The van der Waals surface area contributed by atoms with Gasteiger partial charge in [-0.25, -0.2) is 4.98 Å². The van der Waals surface area contributed by atoms with Crippen molar-refractivity contribution in [1.29, 1.82) is 0 Å². The van der Waals surface area contributed by atoms with Crippen molar-refractivity contribution in [3.8, 4) is 0 Å². The fraction of sp³-hybridized carbons (Fsp3) is 0.714. The zero-order valence-corrected chi connectivity index (χ0v) is 13.5. The Morgan fingerprint density at radius 2 is 2.15 bits per heavy atom. The quantitative estimate of drug-likeness (QED) is 0.880. The van der Waals surface area contributed by atoms with E-state index < -0.39 is 5.54 Å². The third-order valence-electron chi connectivity index (χ3n) is 3.82. The molecule has 0 bridgehead atoms. The summed E-state index contributed by atoms with van der Waals surface area (Å²) in [6.45, 7) is 11.7. The molecule has 1 aliphatic rings. The van der Waals surface area contributed by atoms with Gasteiger partial charge in [0, 0.05) is 37.3 Å². The summed E-state index contributed by atoms with van der Waals surface area (Å²) in [4.78, 5) is 20.3. The SMILES string of the molecule is Cc1cnc(C(C)NC(=O)C(C)(C)N2CCNCC2)s1. The molecule has 1 saturated heterocycles. The van der Waals surface area contributed by atoms with Crippen molar-refractivity contribution in [2.45, 2.75) is 39.3 Å². The van der Waals surface area contributed by atoms with Crippen LogP contribution in [0.15, 0.2) is 6.20 Å². The lowest BCUT2D eigenvalue weighted by atomic mass is 10.00. The molecule has 1 aliphatic heterocycles. The van der Waals surface area contributed by atoms with Crippen molar-refractivity contribution in [2.24, 2.45) is 0 Å². The zero-order valence-electron chi connectivity index (χ0n) is 12.7. The second-order valence-electron chi connectivity index (χ2n) is 5.80. The number of aromatic nitrogens is 1. The molecule has 1 unspecified atom stereocenters. The summed E-state index contributed by atoms with van der Waals surface area (Å²) in [5, 5.41) is 7.37. The van der Waals surface area contributed by atoms with Gasteiger partial charge >= 0.3 is 0 Å².